The highest BCUT2D eigenvalue weighted by atomic mass is 32.1. The highest BCUT2D eigenvalue weighted by molar-refractivity contribution is 7.07. The van der Waals surface area contributed by atoms with Gasteiger partial charge < -0.3 is 0 Å². The Balaban J connectivity index is 2.23. The van der Waals surface area contributed by atoms with Crippen LogP contribution in [0.2, 0.25) is 0 Å². The van der Waals surface area contributed by atoms with E-state index in [0.29, 0.717) is 0 Å². The van der Waals surface area contributed by atoms with Gasteiger partial charge in [-0.15, -0.1) is 11.3 Å². The molecule has 1 aromatic heterocycles. The van der Waals surface area contributed by atoms with E-state index in [1.54, 1.807) is 11.3 Å². The minimum Gasteiger partial charge on any atom is -0.235 e. The molecule has 0 spiro atoms. The standard InChI is InChI=1S/C17H18NS/c1-4-5-16-12-13-17(19-16)11-8-14-6-9-15(10-7-14)18(2)3/h4-13H,1H2,2-3H3/q+1/b16-5-,17-11+. The van der Waals surface area contributed by atoms with Crippen LogP contribution in [0.15, 0.2) is 60.7 Å². The molecule has 0 saturated heterocycles. The average molecular weight is 268 g/mol. The second-order valence-electron chi connectivity index (χ2n) is 4.46. The zero-order valence-corrected chi connectivity index (χ0v) is 12.2. The van der Waals surface area contributed by atoms with Crippen LogP contribution >= 0.6 is 11.3 Å². The molecular formula is C17H18NS+. The molecule has 0 saturated carbocycles. The lowest BCUT2D eigenvalue weighted by Crippen LogP contribution is -2.09. The summed E-state index contributed by atoms with van der Waals surface area (Å²) in [6.45, 7) is 3.71. The highest BCUT2D eigenvalue weighted by Gasteiger charge is 2.02. The summed E-state index contributed by atoms with van der Waals surface area (Å²) in [6, 6.07) is 4.24. The number of allylic oxidation sites excluding steroid dienone is 7. The summed E-state index contributed by atoms with van der Waals surface area (Å²) >= 11 is 1.76. The molecule has 0 aliphatic heterocycles. The van der Waals surface area contributed by atoms with Crippen molar-refractivity contribution in [3.8, 4) is 0 Å². The summed E-state index contributed by atoms with van der Waals surface area (Å²) in [5.74, 6) is 0. The molecule has 0 bridgehead atoms. The SMILES string of the molecule is C=C/C=c1/cc/c(=C\C=C2C=CC(=[N+](C)C)C=C2)s1. The van der Waals surface area contributed by atoms with Crippen LogP contribution in [-0.4, -0.2) is 24.4 Å². The minimum atomic E-state index is 1.22. The Kier molecular flexibility index (Phi) is 4.48. The van der Waals surface area contributed by atoms with Crippen LogP contribution in [0.3, 0.4) is 0 Å². The van der Waals surface area contributed by atoms with Gasteiger partial charge in [0.05, 0.1) is 0 Å². The maximum atomic E-state index is 3.71. The van der Waals surface area contributed by atoms with E-state index >= 15 is 0 Å². The molecule has 1 aromatic rings. The Hall–Kier alpha value is -1.93. The third-order valence-corrected chi connectivity index (χ3v) is 3.79. The van der Waals surface area contributed by atoms with Gasteiger partial charge in [0.2, 0.25) is 0 Å². The van der Waals surface area contributed by atoms with Gasteiger partial charge >= 0.3 is 0 Å². The number of rotatable bonds is 2. The fourth-order valence-corrected chi connectivity index (χ4v) is 2.57. The van der Waals surface area contributed by atoms with Crippen LogP contribution in [0.25, 0.3) is 12.2 Å². The second-order valence-corrected chi connectivity index (χ2v) is 5.61. The van der Waals surface area contributed by atoms with Gasteiger partial charge in [0.15, 0.2) is 5.71 Å². The molecule has 1 aliphatic carbocycles. The maximum absolute atomic E-state index is 3.71. The molecule has 0 aromatic carbocycles. The van der Waals surface area contributed by atoms with Gasteiger partial charge in [0.1, 0.15) is 14.1 Å². The summed E-state index contributed by atoms with van der Waals surface area (Å²) in [5, 5.41) is 0. The molecule has 0 amide bonds. The van der Waals surface area contributed by atoms with E-state index in [-0.39, 0.29) is 0 Å². The average Bonchev–Trinajstić information content (AvgIpc) is 2.85. The molecule has 1 heterocycles. The van der Waals surface area contributed by atoms with Crippen molar-refractivity contribution < 1.29 is 4.58 Å². The molecule has 0 fully saturated rings. The van der Waals surface area contributed by atoms with Crippen molar-refractivity contribution in [2.24, 2.45) is 0 Å². The topological polar surface area (TPSA) is 3.01 Å². The molecular weight excluding hydrogens is 250 g/mol. The Labute approximate surface area is 118 Å². The molecule has 1 nitrogen and oxygen atoms in total. The summed E-state index contributed by atoms with van der Waals surface area (Å²) in [7, 11) is 4.10. The molecule has 1 aliphatic rings. The fourth-order valence-electron chi connectivity index (χ4n) is 1.73. The number of hydrogen-bond acceptors (Lipinski definition) is 1. The lowest BCUT2D eigenvalue weighted by Gasteiger charge is -1.99. The van der Waals surface area contributed by atoms with E-state index in [9.17, 15) is 0 Å². The Bertz CT molecular complexity index is 687. The van der Waals surface area contributed by atoms with Crippen molar-refractivity contribution >= 4 is 29.2 Å². The van der Waals surface area contributed by atoms with Crippen molar-refractivity contribution in [1.29, 1.82) is 0 Å². The largest absolute Gasteiger partial charge is 0.235 e. The molecule has 0 atom stereocenters. The lowest BCUT2D eigenvalue weighted by atomic mass is 10.1. The van der Waals surface area contributed by atoms with Crippen LogP contribution in [0.4, 0.5) is 0 Å². The van der Waals surface area contributed by atoms with Gasteiger partial charge in [-0.25, -0.2) is 4.58 Å². The Morgan fingerprint density at radius 1 is 0.947 bits per heavy atom. The van der Waals surface area contributed by atoms with Crippen molar-refractivity contribution in [3.63, 3.8) is 0 Å². The first-order valence-corrected chi connectivity index (χ1v) is 7.02. The third kappa shape index (κ3) is 3.76. The van der Waals surface area contributed by atoms with E-state index in [4.69, 9.17) is 0 Å². The predicted molar refractivity (Wildman–Crippen MR) is 86.2 cm³/mol. The molecule has 0 unspecified atom stereocenters. The number of thiophene rings is 1. The van der Waals surface area contributed by atoms with Gasteiger partial charge in [-0.3, -0.25) is 0 Å². The first-order chi connectivity index (χ1) is 9.19. The molecule has 0 radical (unpaired) electrons. The van der Waals surface area contributed by atoms with E-state index < -0.39 is 0 Å². The zero-order valence-electron chi connectivity index (χ0n) is 11.3. The van der Waals surface area contributed by atoms with Crippen LogP contribution in [0.1, 0.15) is 0 Å². The summed E-state index contributed by atoms with van der Waals surface area (Å²) < 4.78 is 4.59. The van der Waals surface area contributed by atoms with Crippen LogP contribution in [0, 0.1) is 0 Å². The van der Waals surface area contributed by atoms with Gasteiger partial charge in [0.25, 0.3) is 0 Å². The summed E-state index contributed by atoms with van der Waals surface area (Å²) in [5.41, 5.74) is 2.43. The summed E-state index contributed by atoms with van der Waals surface area (Å²) in [4.78, 5) is 0. The normalized spacial score (nSPS) is 16.1. The second kappa shape index (κ2) is 6.30. The molecule has 19 heavy (non-hydrogen) atoms. The maximum Gasteiger partial charge on any atom is 0.199 e. The molecule has 96 valence electrons. The van der Waals surface area contributed by atoms with Gasteiger partial charge in [0, 0.05) is 21.2 Å². The van der Waals surface area contributed by atoms with Crippen molar-refractivity contribution in [2.75, 3.05) is 14.1 Å². The minimum absolute atomic E-state index is 1.22. The van der Waals surface area contributed by atoms with E-state index in [2.05, 4.69) is 59.7 Å². The Morgan fingerprint density at radius 2 is 1.58 bits per heavy atom. The number of nitrogens with zero attached hydrogens (tertiary/aromatic N) is 1. The van der Waals surface area contributed by atoms with Gasteiger partial charge in [-0.1, -0.05) is 18.7 Å². The molecule has 2 rings (SSSR count). The quantitative estimate of drug-likeness (QED) is 0.724. The van der Waals surface area contributed by atoms with Gasteiger partial charge in [-0.05, 0) is 42.0 Å². The monoisotopic (exact) mass is 268 g/mol. The van der Waals surface area contributed by atoms with E-state index in [1.807, 2.05) is 26.2 Å². The van der Waals surface area contributed by atoms with E-state index in [1.165, 1.54) is 20.3 Å². The smallest absolute Gasteiger partial charge is 0.199 e. The highest BCUT2D eigenvalue weighted by Crippen LogP contribution is 2.06. The van der Waals surface area contributed by atoms with Gasteiger partial charge in [-0.2, -0.15) is 0 Å². The fraction of sp³-hybridized carbons (Fsp3) is 0.118. The predicted octanol–water partition coefficient (Wildman–Crippen LogP) is 2.26. The van der Waals surface area contributed by atoms with Crippen LogP contribution < -0.4 is 9.06 Å². The van der Waals surface area contributed by atoms with Crippen molar-refractivity contribution in [3.05, 3.63) is 69.8 Å². The van der Waals surface area contributed by atoms with E-state index in [0.717, 1.165) is 0 Å². The molecule has 0 N–H and O–H groups in total. The molecule has 2 heteroatoms. The zero-order chi connectivity index (χ0) is 13.7. The Morgan fingerprint density at radius 3 is 2.16 bits per heavy atom. The first-order valence-electron chi connectivity index (χ1n) is 6.20. The first kappa shape index (κ1) is 13.5. The number of hydrogen-bond donors (Lipinski definition) is 0. The summed E-state index contributed by atoms with van der Waals surface area (Å²) in [6.07, 6.45) is 16.7. The van der Waals surface area contributed by atoms with Crippen molar-refractivity contribution in [1.82, 2.24) is 0 Å². The van der Waals surface area contributed by atoms with Crippen molar-refractivity contribution in [2.45, 2.75) is 0 Å². The van der Waals surface area contributed by atoms with Crippen LogP contribution in [-0.2, 0) is 0 Å². The van der Waals surface area contributed by atoms with Crippen LogP contribution in [0.5, 0.6) is 0 Å². The third-order valence-electron chi connectivity index (χ3n) is 2.78. The lowest BCUT2D eigenvalue weighted by molar-refractivity contribution is -0.462.